The average molecular weight is 324 g/mol. The molecular weight excluding hydrogens is 306 g/mol. The summed E-state index contributed by atoms with van der Waals surface area (Å²) in [5, 5.41) is 5.30. The van der Waals surface area contributed by atoms with Crippen LogP contribution in [0.4, 0.5) is 5.69 Å². The molecule has 0 bridgehead atoms. The van der Waals surface area contributed by atoms with Gasteiger partial charge < -0.3 is 10.2 Å². The van der Waals surface area contributed by atoms with E-state index in [-0.39, 0.29) is 0 Å². The Morgan fingerprint density at radius 2 is 1.74 bits per heavy atom. The summed E-state index contributed by atoms with van der Waals surface area (Å²) in [7, 11) is 0. The normalized spacial score (nSPS) is 15.1. The molecule has 1 aliphatic rings. The Kier molecular flexibility index (Phi) is 3.90. The first-order valence-electron chi connectivity index (χ1n) is 7.93. The summed E-state index contributed by atoms with van der Waals surface area (Å²) in [5.74, 6) is 0. The van der Waals surface area contributed by atoms with Gasteiger partial charge in [-0.1, -0.05) is 41.9 Å². The van der Waals surface area contributed by atoms with Crippen molar-refractivity contribution < 1.29 is 0 Å². The molecule has 1 aliphatic heterocycles. The number of fused-ring (bicyclic) bond motifs is 1. The van der Waals surface area contributed by atoms with Crippen molar-refractivity contribution in [1.82, 2.24) is 10.3 Å². The fourth-order valence-electron chi connectivity index (χ4n) is 3.11. The van der Waals surface area contributed by atoms with Gasteiger partial charge in [0.1, 0.15) is 0 Å². The third kappa shape index (κ3) is 2.90. The fourth-order valence-corrected chi connectivity index (χ4v) is 3.27. The molecule has 116 valence electrons. The highest BCUT2D eigenvalue weighted by Gasteiger charge is 2.16. The van der Waals surface area contributed by atoms with Crippen molar-refractivity contribution in [2.45, 2.75) is 0 Å². The van der Waals surface area contributed by atoms with E-state index in [9.17, 15) is 0 Å². The summed E-state index contributed by atoms with van der Waals surface area (Å²) in [4.78, 5) is 7.27. The number of piperazine rings is 1. The van der Waals surface area contributed by atoms with Crippen LogP contribution in [0.15, 0.2) is 54.6 Å². The van der Waals surface area contributed by atoms with Gasteiger partial charge in [-0.05, 0) is 24.3 Å². The standard InChI is InChI=1S/C19H18ClN3/c20-15-6-7-16-18(12-15)22-17(14-4-2-1-3-5-14)13-19(16)23-10-8-21-9-11-23/h1-7,12-13,21H,8-11H2. The van der Waals surface area contributed by atoms with Crippen LogP contribution >= 0.6 is 11.6 Å². The maximum atomic E-state index is 6.19. The van der Waals surface area contributed by atoms with Gasteiger partial charge in [-0.15, -0.1) is 0 Å². The van der Waals surface area contributed by atoms with Gasteiger partial charge >= 0.3 is 0 Å². The third-order valence-electron chi connectivity index (χ3n) is 4.28. The van der Waals surface area contributed by atoms with Crippen molar-refractivity contribution in [3.63, 3.8) is 0 Å². The molecule has 0 atom stereocenters. The van der Waals surface area contributed by atoms with E-state index in [1.54, 1.807) is 0 Å². The minimum absolute atomic E-state index is 0.724. The van der Waals surface area contributed by atoms with Crippen molar-refractivity contribution in [2.24, 2.45) is 0 Å². The quantitative estimate of drug-likeness (QED) is 0.773. The predicted octanol–water partition coefficient (Wildman–Crippen LogP) is 3.96. The average Bonchev–Trinajstić information content (AvgIpc) is 2.62. The van der Waals surface area contributed by atoms with Gasteiger partial charge in [0.2, 0.25) is 0 Å². The number of nitrogens with one attached hydrogen (secondary N) is 1. The molecule has 0 unspecified atom stereocenters. The maximum absolute atomic E-state index is 6.19. The largest absolute Gasteiger partial charge is 0.368 e. The maximum Gasteiger partial charge on any atom is 0.0745 e. The van der Waals surface area contributed by atoms with Gasteiger partial charge in [-0.2, -0.15) is 0 Å². The van der Waals surface area contributed by atoms with Crippen LogP contribution in [0.25, 0.3) is 22.2 Å². The summed E-state index contributed by atoms with van der Waals surface area (Å²) in [6, 6.07) is 18.5. The lowest BCUT2D eigenvalue weighted by atomic mass is 10.1. The van der Waals surface area contributed by atoms with Crippen LogP contribution in [-0.4, -0.2) is 31.2 Å². The number of hydrogen-bond acceptors (Lipinski definition) is 3. The SMILES string of the molecule is Clc1ccc2c(N3CCNCC3)cc(-c3ccccc3)nc2c1. The molecule has 4 heteroatoms. The zero-order valence-electron chi connectivity index (χ0n) is 12.8. The van der Waals surface area contributed by atoms with Crippen molar-refractivity contribution in [2.75, 3.05) is 31.1 Å². The highest BCUT2D eigenvalue weighted by Crippen LogP contribution is 2.32. The summed E-state index contributed by atoms with van der Waals surface area (Å²) in [5.41, 5.74) is 4.32. The predicted molar refractivity (Wildman–Crippen MR) is 97.3 cm³/mol. The summed E-state index contributed by atoms with van der Waals surface area (Å²) >= 11 is 6.19. The monoisotopic (exact) mass is 323 g/mol. The van der Waals surface area contributed by atoms with Crippen molar-refractivity contribution in [3.05, 3.63) is 59.6 Å². The third-order valence-corrected chi connectivity index (χ3v) is 4.51. The minimum atomic E-state index is 0.724. The molecule has 0 radical (unpaired) electrons. The van der Waals surface area contributed by atoms with Gasteiger partial charge in [-0.3, -0.25) is 0 Å². The molecule has 2 heterocycles. The van der Waals surface area contributed by atoms with E-state index in [2.05, 4.69) is 34.5 Å². The number of pyridine rings is 1. The van der Waals surface area contributed by atoms with Crippen LogP contribution in [0.5, 0.6) is 0 Å². The molecule has 3 nitrogen and oxygen atoms in total. The first-order valence-corrected chi connectivity index (χ1v) is 8.30. The highest BCUT2D eigenvalue weighted by atomic mass is 35.5. The minimum Gasteiger partial charge on any atom is -0.368 e. The van der Waals surface area contributed by atoms with Crippen LogP contribution < -0.4 is 10.2 Å². The van der Waals surface area contributed by atoms with Gasteiger partial charge in [0.25, 0.3) is 0 Å². The molecule has 1 fully saturated rings. The Morgan fingerprint density at radius 3 is 2.52 bits per heavy atom. The number of nitrogens with zero attached hydrogens (tertiary/aromatic N) is 2. The number of benzene rings is 2. The van der Waals surface area contributed by atoms with E-state index in [4.69, 9.17) is 16.6 Å². The second-order valence-electron chi connectivity index (χ2n) is 5.79. The number of anilines is 1. The summed E-state index contributed by atoms with van der Waals surface area (Å²) in [6.07, 6.45) is 0. The molecule has 23 heavy (non-hydrogen) atoms. The Balaban J connectivity index is 1.91. The molecule has 0 amide bonds. The Labute approximate surface area is 140 Å². The number of halogens is 1. The van der Waals surface area contributed by atoms with E-state index in [1.165, 1.54) is 5.69 Å². The Morgan fingerprint density at radius 1 is 0.957 bits per heavy atom. The molecule has 4 rings (SSSR count). The second-order valence-corrected chi connectivity index (χ2v) is 6.23. The van der Waals surface area contributed by atoms with E-state index < -0.39 is 0 Å². The lowest BCUT2D eigenvalue weighted by molar-refractivity contribution is 0.590. The molecule has 0 aliphatic carbocycles. The topological polar surface area (TPSA) is 28.2 Å². The molecule has 0 spiro atoms. The summed E-state index contributed by atoms with van der Waals surface area (Å²) < 4.78 is 0. The van der Waals surface area contributed by atoms with E-state index in [1.807, 2.05) is 30.3 Å². The van der Waals surface area contributed by atoms with E-state index >= 15 is 0 Å². The summed E-state index contributed by atoms with van der Waals surface area (Å²) in [6.45, 7) is 4.04. The first kappa shape index (κ1) is 14.5. The number of hydrogen-bond donors (Lipinski definition) is 1. The zero-order valence-corrected chi connectivity index (χ0v) is 13.6. The van der Waals surface area contributed by atoms with Crippen LogP contribution in [0.3, 0.4) is 0 Å². The van der Waals surface area contributed by atoms with E-state index in [0.29, 0.717) is 0 Å². The fraction of sp³-hybridized carbons (Fsp3) is 0.211. The molecule has 2 aromatic carbocycles. The van der Waals surface area contributed by atoms with Crippen LogP contribution in [-0.2, 0) is 0 Å². The van der Waals surface area contributed by atoms with Crippen LogP contribution in [0.1, 0.15) is 0 Å². The van der Waals surface area contributed by atoms with E-state index in [0.717, 1.165) is 53.4 Å². The molecule has 1 N–H and O–H groups in total. The van der Waals surface area contributed by atoms with Crippen molar-refractivity contribution in [1.29, 1.82) is 0 Å². The van der Waals surface area contributed by atoms with Gasteiger partial charge in [0.05, 0.1) is 11.2 Å². The molecule has 3 aromatic rings. The molecular formula is C19H18ClN3. The molecule has 1 saturated heterocycles. The number of aromatic nitrogens is 1. The Bertz CT molecular complexity index is 827. The van der Waals surface area contributed by atoms with Crippen LogP contribution in [0, 0.1) is 0 Å². The van der Waals surface area contributed by atoms with Crippen molar-refractivity contribution in [3.8, 4) is 11.3 Å². The molecule has 0 saturated carbocycles. The second kappa shape index (κ2) is 6.19. The lowest BCUT2D eigenvalue weighted by Crippen LogP contribution is -2.43. The van der Waals surface area contributed by atoms with Crippen molar-refractivity contribution >= 4 is 28.2 Å². The lowest BCUT2D eigenvalue weighted by Gasteiger charge is -2.30. The number of rotatable bonds is 2. The zero-order chi connectivity index (χ0) is 15.6. The van der Waals surface area contributed by atoms with Gasteiger partial charge in [0, 0.05) is 47.8 Å². The van der Waals surface area contributed by atoms with Crippen LogP contribution in [0.2, 0.25) is 5.02 Å². The highest BCUT2D eigenvalue weighted by molar-refractivity contribution is 6.31. The van der Waals surface area contributed by atoms with Gasteiger partial charge in [-0.25, -0.2) is 4.98 Å². The first-order chi connectivity index (χ1) is 11.3. The van der Waals surface area contributed by atoms with Gasteiger partial charge in [0.15, 0.2) is 0 Å². The smallest absolute Gasteiger partial charge is 0.0745 e. The molecule has 1 aromatic heterocycles. The Hall–Kier alpha value is -2.10.